The Bertz CT molecular complexity index is 402. The lowest BCUT2D eigenvalue weighted by Gasteiger charge is -2.12. The Balaban J connectivity index is 1.83. The highest BCUT2D eigenvalue weighted by Gasteiger charge is 2.15. The molecule has 0 bridgehead atoms. The van der Waals surface area contributed by atoms with Crippen molar-refractivity contribution >= 4 is 5.97 Å². The van der Waals surface area contributed by atoms with Crippen LogP contribution in [0, 0.1) is 0 Å². The van der Waals surface area contributed by atoms with E-state index in [1.165, 1.54) is 26.1 Å². The van der Waals surface area contributed by atoms with Gasteiger partial charge < -0.3 is 14.2 Å². The fourth-order valence-electron chi connectivity index (χ4n) is 1.97. The summed E-state index contributed by atoms with van der Waals surface area (Å²) < 4.78 is 15.6. The van der Waals surface area contributed by atoms with E-state index in [4.69, 9.17) is 9.47 Å². The van der Waals surface area contributed by atoms with E-state index in [2.05, 4.69) is 9.72 Å². The zero-order valence-corrected chi connectivity index (χ0v) is 10.4. The Kier molecular flexibility index (Phi) is 4.52. The van der Waals surface area contributed by atoms with Crippen LogP contribution in [0.2, 0.25) is 0 Å². The lowest BCUT2D eigenvalue weighted by Crippen LogP contribution is -2.13. The van der Waals surface area contributed by atoms with Crippen LogP contribution in [-0.2, 0) is 9.47 Å². The van der Waals surface area contributed by atoms with E-state index in [1.807, 2.05) is 0 Å². The topological polar surface area (TPSA) is 57.7 Å². The number of aromatic nitrogens is 1. The number of ether oxygens (including phenoxy) is 3. The Labute approximate surface area is 106 Å². The maximum atomic E-state index is 11.3. The minimum absolute atomic E-state index is 0.204. The zero-order valence-electron chi connectivity index (χ0n) is 10.4. The number of carbonyl (C=O) groups excluding carboxylic acids is 1. The van der Waals surface area contributed by atoms with E-state index in [-0.39, 0.29) is 12.5 Å². The summed E-state index contributed by atoms with van der Waals surface area (Å²) in [5, 5.41) is 0. The first-order valence-corrected chi connectivity index (χ1v) is 6.08. The molecule has 18 heavy (non-hydrogen) atoms. The van der Waals surface area contributed by atoms with Crippen LogP contribution in [0.4, 0.5) is 0 Å². The molecule has 1 aliphatic carbocycles. The van der Waals surface area contributed by atoms with Crippen LogP contribution in [0.3, 0.4) is 0 Å². The summed E-state index contributed by atoms with van der Waals surface area (Å²) in [6, 6.07) is 3.23. The molecule has 98 valence electrons. The Morgan fingerprint density at radius 2 is 2.22 bits per heavy atom. The van der Waals surface area contributed by atoms with Crippen molar-refractivity contribution in [2.45, 2.75) is 31.8 Å². The molecule has 1 aliphatic rings. The van der Waals surface area contributed by atoms with E-state index in [0.29, 0.717) is 11.9 Å². The van der Waals surface area contributed by atoms with Gasteiger partial charge in [0.1, 0.15) is 5.75 Å². The SMILES string of the molecule is COC(=O)c1cc(OCOC2CCCC2)ccn1. The first-order chi connectivity index (χ1) is 8.79. The number of hydrogen-bond donors (Lipinski definition) is 0. The average Bonchev–Trinajstić information content (AvgIpc) is 2.91. The fourth-order valence-corrected chi connectivity index (χ4v) is 1.97. The van der Waals surface area contributed by atoms with Crippen LogP contribution in [0.1, 0.15) is 36.2 Å². The van der Waals surface area contributed by atoms with Crippen LogP contribution in [-0.4, -0.2) is 31.0 Å². The first kappa shape index (κ1) is 12.8. The maximum Gasteiger partial charge on any atom is 0.356 e. The van der Waals surface area contributed by atoms with Gasteiger partial charge in [0.25, 0.3) is 0 Å². The van der Waals surface area contributed by atoms with Gasteiger partial charge in [-0.2, -0.15) is 0 Å². The second-order valence-corrected chi connectivity index (χ2v) is 4.20. The fraction of sp³-hybridized carbons (Fsp3) is 0.538. The second kappa shape index (κ2) is 6.35. The average molecular weight is 251 g/mol. The minimum Gasteiger partial charge on any atom is -0.467 e. The van der Waals surface area contributed by atoms with Crippen molar-refractivity contribution in [3.05, 3.63) is 24.0 Å². The molecule has 5 nitrogen and oxygen atoms in total. The van der Waals surface area contributed by atoms with Crippen LogP contribution in [0.15, 0.2) is 18.3 Å². The predicted molar refractivity (Wildman–Crippen MR) is 64.4 cm³/mol. The molecular formula is C13H17NO4. The van der Waals surface area contributed by atoms with Crippen LogP contribution >= 0.6 is 0 Å². The quantitative estimate of drug-likeness (QED) is 0.593. The van der Waals surface area contributed by atoms with Crippen molar-refractivity contribution < 1.29 is 19.0 Å². The van der Waals surface area contributed by atoms with E-state index >= 15 is 0 Å². The van der Waals surface area contributed by atoms with Crippen molar-refractivity contribution in [1.82, 2.24) is 4.98 Å². The summed E-state index contributed by atoms with van der Waals surface area (Å²) in [5.74, 6) is 0.0839. The van der Waals surface area contributed by atoms with Gasteiger partial charge in [-0.1, -0.05) is 12.8 Å². The largest absolute Gasteiger partial charge is 0.467 e. The van der Waals surface area contributed by atoms with Gasteiger partial charge in [0.05, 0.1) is 13.2 Å². The van der Waals surface area contributed by atoms with Crippen molar-refractivity contribution in [2.24, 2.45) is 0 Å². The third-order valence-electron chi connectivity index (χ3n) is 2.96. The van der Waals surface area contributed by atoms with Gasteiger partial charge in [-0.3, -0.25) is 0 Å². The van der Waals surface area contributed by atoms with Crippen LogP contribution in [0.5, 0.6) is 5.75 Å². The second-order valence-electron chi connectivity index (χ2n) is 4.20. The van der Waals surface area contributed by atoms with E-state index < -0.39 is 5.97 Å². The molecule has 1 aromatic heterocycles. The molecule has 1 aromatic rings. The van der Waals surface area contributed by atoms with Crippen LogP contribution < -0.4 is 4.74 Å². The van der Waals surface area contributed by atoms with Gasteiger partial charge in [0.2, 0.25) is 0 Å². The summed E-state index contributed by atoms with van der Waals surface area (Å²) in [6.45, 7) is 0.204. The van der Waals surface area contributed by atoms with Gasteiger partial charge in [-0.15, -0.1) is 0 Å². The molecule has 1 heterocycles. The van der Waals surface area contributed by atoms with E-state index in [0.717, 1.165) is 12.8 Å². The third kappa shape index (κ3) is 3.43. The molecule has 1 fully saturated rings. The standard InChI is InChI=1S/C13H17NO4/c1-16-13(15)12-8-11(6-7-14-12)18-9-17-10-4-2-3-5-10/h6-8,10H,2-5,9H2,1H3. The first-order valence-electron chi connectivity index (χ1n) is 6.08. The van der Waals surface area contributed by atoms with Gasteiger partial charge in [-0.05, 0) is 18.9 Å². The van der Waals surface area contributed by atoms with Crippen molar-refractivity contribution in [2.75, 3.05) is 13.9 Å². The van der Waals surface area contributed by atoms with Crippen molar-refractivity contribution in [3.8, 4) is 5.75 Å². The Hall–Kier alpha value is -1.62. The molecule has 0 unspecified atom stereocenters. The molecule has 0 atom stereocenters. The number of rotatable bonds is 5. The number of carbonyl (C=O) groups is 1. The normalized spacial score (nSPS) is 15.6. The predicted octanol–water partition coefficient (Wildman–Crippen LogP) is 2.16. The summed E-state index contributed by atoms with van der Waals surface area (Å²) >= 11 is 0. The smallest absolute Gasteiger partial charge is 0.356 e. The van der Waals surface area contributed by atoms with Gasteiger partial charge in [0, 0.05) is 12.3 Å². The maximum absolute atomic E-state index is 11.3. The summed E-state index contributed by atoms with van der Waals surface area (Å²) in [7, 11) is 1.32. The lowest BCUT2D eigenvalue weighted by molar-refractivity contribution is -0.0325. The highest BCUT2D eigenvalue weighted by Crippen LogP contribution is 2.21. The number of hydrogen-bond acceptors (Lipinski definition) is 5. The molecular weight excluding hydrogens is 234 g/mol. The number of esters is 1. The molecule has 0 radical (unpaired) electrons. The zero-order chi connectivity index (χ0) is 12.8. The minimum atomic E-state index is -0.475. The summed E-state index contributed by atoms with van der Waals surface area (Å²) in [4.78, 5) is 15.2. The highest BCUT2D eigenvalue weighted by molar-refractivity contribution is 5.87. The molecule has 0 aliphatic heterocycles. The number of pyridine rings is 1. The van der Waals surface area contributed by atoms with Crippen LogP contribution in [0.25, 0.3) is 0 Å². The summed E-state index contributed by atoms with van der Waals surface area (Å²) in [5.41, 5.74) is 0.232. The molecule has 0 spiro atoms. The molecule has 0 amide bonds. The van der Waals surface area contributed by atoms with E-state index in [1.54, 1.807) is 12.1 Å². The Morgan fingerprint density at radius 3 is 2.94 bits per heavy atom. The monoisotopic (exact) mass is 251 g/mol. The van der Waals surface area contributed by atoms with Gasteiger partial charge in [-0.25, -0.2) is 9.78 Å². The number of methoxy groups -OCH3 is 1. The van der Waals surface area contributed by atoms with E-state index in [9.17, 15) is 4.79 Å². The molecule has 5 heteroatoms. The van der Waals surface area contributed by atoms with Gasteiger partial charge >= 0.3 is 5.97 Å². The third-order valence-corrected chi connectivity index (χ3v) is 2.96. The van der Waals surface area contributed by atoms with Gasteiger partial charge in [0.15, 0.2) is 12.5 Å². The lowest BCUT2D eigenvalue weighted by atomic mass is 10.3. The molecule has 0 aromatic carbocycles. The number of nitrogens with zero attached hydrogens (tertiary/aromatic N) is 1. The Morgan fingerprint density at radius 1 is 1.44 bits per heavy atom. The molecule has 0 saturated heterocycles. The molecule has 0 N–H and O–H groups in total. The summed E-state index contributed by atoms with van der Waals surface area (Å²) in [6.07, 6.45) is 6.49. The highest BCUT2D eigenvalue weighted by atomic mass is 16.7. The van der Waals surface area contributed by atoms with Crippen molar-refractivity contribution in [1.29, 1.82) is 0 Å². The van der Waals surface area contributed by atoms with Crippen molar-refractivity contribution in [3.63, 3.8) is 0 Å². The molecule has 1 saturated carbocycles. The molecule has 2 rings (SSSR count).